The Morgan fingerprint density at radius 1 is 1.17 bits per heavy atom. The van der Waals surface area contributed by atoms with Gasteiger partial charge in [0.1, 0.15) is 0 Å². The zero-order valence-electron chi connectivity index (χ0n) is 14.5. The number of likely N-dealkylation sites (tertiary alicyclic amines) is 1. The maximum Gasteiger partial charge on any atom is 0.239 e. The summed E-state index contributed by atoms with van der Waals surface area (Å²) in [6.07, 6.45) is 6.72. The molecule has 1 saturated heterocycles. The quantitative estimate of drug-likeness (QED) is 0.911. The van der Waals surface area contributed by atoms with E-state index in [1.54, 1.807) is 0 Å². The molecule has 3 aliphatic rings. The Morgan fingerprint density at radius 3 is 2.54 bits per heavy atom. The number of aryl methyl sites for hydroxylation is 1. The molecule has 0 radical (unpaired) electrons. The maximum absolute atomic E-state index is 13.4. The number of hydrogen-bond donors (Lipinski definition) is 1. The summed E-state index contributed by atoms with van der Waals surface area (Å²) in [4.78, 5) is 16.8. The molecule has 24 heavy (non-hydrogen) atoms. The van der Waals surface area contributed by atoms with Crippen molar-refractivity contribution in [1.29, 1.82) is 0 Å². The standard InChI is InChI=1S/C20H28N2OS/c1-14-4-7-16(8-5-14)24-20(10-2-3-11-20)19(23)22-12-15-6-9-18(21)17(15)13-22/h4-5,7-8,15,17-18H,2-3,6,9-13,21H2,1H3. The van der Waals surface area contributed by atoms with Crippen molar-refractivity contribution in [3.05, 3.63) is 29.8 Å². The molecule has 3 fully saturated rings. The molecule has 3 nitrogen and oxygen atoms in total. The van der Waals surface area contributed by atoms with Gasteiger partial charge in [-0.15, -0.1) is 11.8 Å². The molecule has 0 spiro atoms. The number of amides is 1. The first kappa shape index (κ1) is 16.5. The van der Waals surface area contributed by atoms with E-state index in [2.05, 4.69) is 36.1 Å². The van der Waals surface area contributed by atoms with Crippen LogP contribution in [0.4, 0.5) is 0 Å². The van der Waals surface area contributed by atoms with Gasteiger partial charge in [-0.05, 0) is 56.6 Å². The predicted octanol–water partition coefficient (Wildman–Crippen LogP) is 3.60. The highest BCUT2D eigenvalue weighted by Crippen LogP contribution is 2.48. The highest BCUT2D eigenvalue weighted by Gasteiger charge is 2.49. The smallest absolute Gasteiger partial charge is 0.239 e. The summed E-state index contributed by atoms with van der Waals surface area (Å²) in [5.74, 6) is 1.57. The summed E-state index contributed by atoms with van der Waals surface area (Å²) < 4.78 is -0.238. The second-order valence-electron chi connectivity index (χ2n) is 7.99. The van der Waals surface area contributed by atoms with Crippen LogP contribution in [-0.4, -0.2) is 34.7 Å². The summed E-state index contributed by atoms with van der Waals surface area (Å²) in [6.45, 7) is 3.94. The maximum atomic E-state index is 13.4. The molecule has 0 bridgehead atoms. The van der Waals surface area contributed by atoms with Crippen molar-refractivity contribution >= 4 is 17.7 Å². The van der Waals surface area contributed by atoms with Crippen molar-refractivity contribution < 1.29 is 4.79 Å². The summed E-state index contributed by atoms with van der Waals surface area (Å²) in [7, 11) is 0. The minimum absolute atomic E-state index is 0.238. The van der Waals surface area contributed by atoms with Crippen LogP contribution >= 0.6 is 11.8 Å². The Bertz CT molecular complexity index is 609. The fourth-order valence-corrected chi connectivity index (χ4v) is 6.33. The summed E-state index contributed by atoms with van der Waals surface area (Å²) in [5, 5.41) is 0. The fraction of sp³-hybridized carbons (Fsp3) is 0.650. The van der Waals surface area contributed by atoms with E-state index in [0.29, 0.717) is 23.8 Å². The van der Waals surface area contributed by atoms with Crippen molar-refractivity contribution in [1.82, 2.24) is 4.90 Å². The van der Waals surface area contributed by atoms with E-state index in [9.17, 15) is 4.79 Å². The molecule has 4 rings (SSSR count). The minimum Gasteiger partial charge on any atom is -0.341 e. The van der Waals surface area contributed by atoms with Crippen molar-refractivity contribution in [2.75, 3.05) is 13.1 Å². The molecule has 1 aromatic carbocycles. The van der Waals surface area contributed by atoms with Crippen LogP contribution in [0.5, 0.6) is 0 Å². The Hall–Kier alpha value is -1.00. The lowest BCUT2D eigenvalue weighted by molar-refractivity contribution is -0.133. The van der Waals surface area contributed by atoms with Gasteiger partial charge in [0.05, 0.1) is 4.75 Å². The number of hydrogen-bond acceptors (Lipinski definition) is 3. The van der Waals surface area contributed by atoms with Gasteiger partial charge in [0.15, 0.2) is 0 Å². The first-order chi connectivity index (χ1) is 11.6. The lowest BCUT2D eigenvalue weighted by atomic mass is 9.98. The second kappa shape index (κ2) is 6.38. The van der Waals surface area contributed by atoms with E-state index in [4.69, 9.17) is 5.73 Å². The Kier molecular flexibility index (Phi) is 4.38. The van der Waals surface area contributed by atoms with Gasteiger partial charge in [-0.2, -0.15) is 0 Å². The third kappa shape index (κ3) is 2.88. The van der Waals surface area contributed by atoms with E-state index in [0.717, 1.165) is 32.4 Å². The molecule has 130 valence electrons. The average molecular weight is 345 g/mol. The van der Waals surface area contributed by atoms with Crippen LogP contribution < -0.4 is 5.73 Å². The van der Waals surface area contributed by atoms with Gasteiger partial charge in [0.25, 0.3) is 0 Å². The number of nitrogens with zero attached hydrogens (tertiary/aromatic N) is 1. The van der Waals surface area contributed by atoms with Crippen LogP contribution in [-0.2, 0) is 4.79 Å². The van der Waals surface area contributed by atoms with Crippen LogP contribution in [0.25, 0.3) is 0 Å². The number of thioether (sulfide) groups is 1. The number of rotatable bonds is 3. The van der Waals surface area contributed by atoms with Gasteiger partial charge in [-0.25, -0.2) is 0 Å². The highest BCUT2D eigenvalue weighted by molar-refractivity contribution is 8.01. The lowest BCUT2D eigenvalue weighted by Gasteiger charge is -2.32. The molecule has 1 aromatic rings. The fourth-order valence-electron chi connectivity index (χ4n) is 4.90. The van der Waals surface area contributed by atoms with Crippen molar-refractivity contribution in [2.45, 2.75) is 61.1 Å². The van der Waals surface area contributed by atoms with Crippen LogP contribution in [0.3, 0.4) is 0 Å². The van der Waals surface area contributed by atoms with Gasteiger partial charge >= 0.3 is 0 Å². The molecule has 1 heterocycles. The zero-order chi connectivity index (χ0) is 16.7. The van der Waals surface area contributed by atoms with Crippen molar-refractivity contribution in [3.8, 4) is 0 Å². The summed E-state index contributed by atoms with van der Waals surface area (Å²) >= 11 is 1.81. The van der Waals surface area contributed by atoms with Crippen molar-refractivity contribution in [2.24, 2.45) is 17.6 Å². The van der Waals surface area contributed by atoms with E-state index < -0.39 is 0 Å². The molecular weight excluding hydrogens is 316 g/mol. The van der Waals surface area contributed by atoms with E-state index in [-0.39, 0.29) is 4.75 Å². The summed E-state index contributed by atoms with van der Waals surface area (Å²) in [6, 6.07) is 8.94. The number of nitrogens with two attached hydrogens (primary N) is 1. The molecule has 3 atom stereocenters. The lowest BCUT2D eigenvalue weighted by Crippen LogP contribution is -2.45. The molecule has 4 heteroatoms. The van der Waals surface area contributed by atoms with Crippen LogP contribution in [0, 0.1) is 18.8 Å². The minimum atomic E-state index is -0.238. The Labute approximate surface area is 149 Å². The van der Waals surface area contributed by atoms with Crippen LogP contribution in [0.2, 0.25) is 0 Å². The zero-order valence-corrected chi connectivity index (χ0v) is 15.4. The van der Waals surface area contributed by atoms with Crippen LogP contribution in [0.15, 0.2) is 29.2 Å². The normalized spacial score (nSPS) is 31.4. The molecule has 2 aliphatic carbocycles. The molecule has 1 amide bonds. The van der Waals surface area contributed by atoms with Crippen molar-refractivity contribution in [3.63, 3.8) is 0 Å². The van der Waals surface area contributed by atoms with Crippen LogP contribution in [0.1, 0.15) is 44.1 Å². The number of carbonyl (C=O) groups is 1. The Balaban J connectivity index is 1.52. The average Bonchev–Trinajstić information content (AvgIpc) is 3.28. The molecule has 2 saturated carbocycles. The SMILES string of the molecule is Cc1ccc(SC2(C(=O)N3CC4CCC(N)C4C3)CCCC2)cc1. The first-order valence-electron chi connectivity index (χ1n) is 9.38. The monoisotopic (exact) mass is 344 g/mol. The second-order valence-corrected chi connectivity index (χ2v) is 9.45. The van der Waals surface area contributed by atoms with Gasteiger partial charge in [0.2, 0.25) is 5.91 Å². The third-order valence-electron chi connectivity index (χ3n) is 6.33. The molecule has 2 N–H and O–H groups in total. The first-order valence-corrected chi connectivity index (χ1v) is 10.2. The topological polar surface area (TPSA) is 46.3 Å². The van der Waals surface area contributed by atoms with Gasteiger partial charge in [0, 0.05) is 24.0 Å². The highest BCUT2D eigenvalue weighted by atomic mass is 32.2. The van der Waals surface area contributed by atoms with E-state index in [1.807, 2.05) is 11.8 Å². The molecule has 0 aromatic heterocycles. The number of carbonyl (C=O) groups excluding carboxylic acids is 1. The number of benzene rings is 1. The van der Waals surface area contributed by atoms with Gasteiger partial charge < -0.3 is 10.6 Å². The van der Waals surface area contributed by atoms with Gasteiger partial charge in [-0.1, -0.05) is 30.5 Å². The Morgan fingerprint density at radius 2 is 1.88 bits per heavy atom. The summed E-state index contributed by atoms with van der Waals surface area (Å²) in [5.41, 5.74) is 7.53. The molecule has 3 unspecified atom stereocenters. The van der Waals surface area contributed by atoms with E-state index in [1.165, 1.54) is 29.7 Å². The van der Waals surface area contributed by atoms with E-state index >= 15 is 0 Å². The van der Waals surface area contributed by atoms with Gasteiger partial charge in [-0.3, -0.25) is 4.79 Å². The molecule has 1 aliphatic heterocycles. The predicted molar refractivity (Wildman–Crippen MR) is 99.0 cm³/mol. The third-order valence-corrected chi connectivity index (χ3v) is 7.82. The number of fused-ring (bicyclic) bond motifs is 1. The molecular formula is C20H28N2OS. The largest absolute Gasteiger partial charge is 0.341 e.